The van der Waals surface area contributed by atoms with E-state index in [1.54, 1.807) is 4.57 Å². The molecule has 3 aromatic rings. The Morgan fingerprint density at radius 2 is 2.00 bits per heavy atom. The minimum absolute atomic E-state index is 0.0654. The monoisotopic (exact) mass is 388 g/mol. The predicted octanol–water partition coefficient (Wildman–Crippen LogP) is 2.71. The van der Waals surface area contributed by atoms with Gasteiger partial charge in [-0.15, -0.1) is 0 Å². The normalized spacial score (nSPS) is 15.4. The lowest BCUT2D eigenvalue weighted by Crippen LogP contribution is -2.49. The van der Waals surface area contributed by atoms with Crippen LogP contribution < -0.4 is 4.74 Å². The molecular weight excluding hydrogens is 371 g/mol. The number of hydrogen-bond acceptors (Lipinski definition) is 6. The topological polar surface area (TPSA) is 114 Å². The largest absolute Gasteiger partial charge is 0.502 e. The standard InChI is InChI=1S/C19H17FN2O6/c1-19(7-28-8-19)22-12-5-9(18(25)26)3-4-11(12)21-17(22)10-6-13(27-2)15(23)16(24)14(10)20/h3-6,23-24H,7-8H2,1-2H3,(H,25,26). The number of imidazole rings is 1. The molecule has 2 aromatic carbocycles. The Labute approximate surface area is 158 Å². The van der Waals surface area contributed by atoms with Crippen molar-refractivity contribution in [3.63, 3.8) is 0 Å². The zero-order valence-electron chi connectivity index (χ0n) is 15.1. The lowest BCUT2D eigenvalue weighted by atomic mass is 9.98. The molecule has 0 spiro atoms. The van der Waals surface area contributed by atoms with Crippen molar-refractivity contribution in [3.05, 3.63) is 35.6 Å². The van der Waals surface area contributed by atoms with Crippen molar-refractivity contribution in [2.75, 3.05) is 20.3 Å². The second-order valence-corrected chi connectivity index (χ2v) is 6.91. The predicted molar refractivity (Wildman–Crippen MR) is 96.4 cm³/mol. The van der Waals surface area contributed by atoms with Gasteiger partial charge in [0.2, 0.25) is 5.75 Å². The third-order valence-corrected chi connectivity index (χ3v) is 4.91. The van der Waals surface area contributed by atoms with Crippen molar-refractivity contribution in [1.29, 1.82) is 0 Å². The molecule has 0 amide bonds. The lowest BCUT2D eigenvalue weighted by molar-refractivity contribution is -0.0868. The van der Waals surface area contributed by atoms with E-state index in [1.165, 1.54) is 31.4 Å². The first-order chi connectivity index (χ1) is 13.3. The van der Waals surface area contributed by atoms with Gasteiger partial charge in [-0.1, -0.05) is 0 Å². The minimum Gasteiger partial charge on any atom is -0.502 e. The van der Waals surface area contributed by atoms with Gasteiger partial charge in [0.05, 0.1) is 48.0 Å². The summed E-state index contributed by atoms with van der Waals surface area (Å²) in [4.78, 5) is 15.9. The van der Waals surface area contributed by atoms with E-state index >= 15 is 0 Å². The number of carboxylic acid groups (broad SMARTS) is 1. The number of rotatable bonds is 4. The molecule has 0 radical (unpaired) electrons. The highest BCUT2D eigenvalue weighted by molar-refractivity contribution is 5.93. The molecule has 146 valence electrons. The number of nitrogens with zero attached hydrogens (tertiary/aromatic N) is 2. The highest BCUT2D eigenvalue weighted by Gasteiger charge is 2.39. The number of aromatic nitrogens is 2. The molecule has 0 atom stereocenters. The fourth-order valence-electron chi connectivity index (χ4n) is 3.39. The van der Waals surface area contributed by atoms with Gasteiger partial charge in [0.25, 0.3) is 0 Å². The molecule has 28 heavy (non-hydrogen) atoms. The van der Waals surface area contributed by atoms with Crippen molar-refractivity contribution < 1.29 is 34.0 Å². The summed E-state index contributed by atoms with van der Waals surface area (Å²) in [6.45, 7) is 2.53. The van der Waals surface area contributed by atoms with Crippen LogP contribution in [0.5, 0.6) is 17.2 Å². The van der Waals surface area contributed by atoms with Gasteiger partial charge in [0.1, 0.15) is 5.82 Å². The van der Waals surface area contributed by atoms with E-state index in [2.05, 4.69) is 4.98 Å². The second kappa shape index (κ2) is 6.10. The maximum absolute atomic E-state index is 14.8. The zero-order valence-corrected chi connectivity index (χ0v) is 15.1. The smallest absolute Gasteiger partial charge is 0.335 e. The van der Waals surface area contributed by atoms with Crippen molar-refractivity contribution in [3.8, 4) is 28.6 Å². The van der Waals surface area contributed by atoms with E-state index in [1.807, 2.05) is 6.92 Å². The zero-order chi connectivity index (χ0) is 20.2. The van der Waals surface area contributed by atoms with Gasteiger partial charge in [-0.3, -0.25) is 0 Å². The third-order valence-electron chi connectivity index (χ3n) is 4.91. The van der Waals surface area contributed by atoms with Gasteiger partial charge in [0, 0.05) is 0 Å². The first-order valence-electron chi connectivity index (χ1n) is 8.39. The van der Waals surface area contributed by atoms with Crippen molar-refractivity contribution >= 4 is 17.0 Å². The number of fused-ring (bicyclic) bond motifs is 1. The maximum atomic E-state index is 14.8. The quantitative estimate of drug-likeness (QED) is 0.589. The highest BCUT2D eigenvalue weighted by atomic mass is 19.1. The van der Waals surface area contributed by atoms with Crippen LogP contribution in [0, 0.1) is 5.82 Å². The number of phenolic OH excluding ortho intramolecular Hbond substituents is 2. The van der Waals surface area contributed by atoms with Crippen molar-refractivity contribution in [2.45, 2.75) is 12.5 Å². The Hall–Kier alpha value is -3.33. The number of carbonyl (C=O) groups is 1. The highest BCUT2D eigenvalue weighted by Crippen LogP contribution is 2.44. The number of hydrogen-bond donors (Lipinski definition) is 3. The average molecular weight is 388 g/mol. The van der Waals surface area contributed by atoms with Crippen LogP contribution in [0.15, 0.2) is 24.3 Å². The van der Waals surface area contributed by atoms with E-state index < -0.39 is 28.8 Å². The molecular formula is C19H17FN2O6. The Bertz CT molecular complexity index is 1120. The SMILES string of the molecule is COc1cc(-c2nc3ccc(C(=O)O)cc3n2C2(C)COC2)c(F)c(O)c1O. The Balaban J connectivity index is 2.07. The molecule has 4 rings (SSSR count). The van der Waals surface area contributed by atoms with Crippen LogP contribution in [0.3, 0.4) is 0 Å². The molecule has 1 saturated heterocycles. The summed E-state index contributed by atoms with van der Waals surface area (Å²) in [5.41, 5.74) is 0.337. The number of carboxylic acids is 1. The maximum Gasteiger partial charge on any atom is 0.335 e. The molecule has 2 heterocycles. The summed E-state index contributed by atoms with van der Waals surface area (Å²) < 4.78 is 26.9. The van der Waals surface area contributed by atoms with Crippen molar-refractivity contribution in [1.82, 2.24) is 9.55 Å². The molecule has 1 aromatic heterocycles. The van der Waals surface area contributed by atoms with E-state index in [4.69, 9.17) is 9.47 Å². The van der Waals surface area contributed by atoms with Crippen molar-refractivity contribution in [2.24, 2.45) is 0 Å². The number of phenols is 2. The summed E-state index contributed by atoms with van der Waals surface area (Å²) >= 11 is 0. The van der Waals surface area contributed by atoms with Crippen LogP contribution in [0.4, 0.5) is 4.39 Å². The van der Waals surface area contributed by atoms with Gasteiger partial charge in [-0.2, -0.15) is 0 Å². The van der Waals surface area contributed by atoms with Gasteiger partial charge in [-0.05, 0) is 31.2 Å². The van der Waals surface area contributed by atoms with Gasteiger partial charge < -0.3 is 29.4 Å². The summed E-state index contributed by atoms with van der Waals surface area (Å²) in [6, 6.07) is 5.66. The van der Waals surface area contributed by atoms with Gasteiger partial charge in [-0.25, -0.2) is 14.2 Å². The summed E-state index contributed by atoms with van der Waals surface area (Å²) in [5, 5.41) is 29.1. The number of aromatic carboxylic acids is 1. The molecule has 0 saturated carbocycles. The molecule has 0 unspecified atom stereocenters. The van der Waals surface area contributed by atoms with Gasteiger partial charge in [0.15, 0.2) is 17.3 Å². The van der Waals surface area contributed by atoms with E-state index in [-0.39, 0.29) is 22.7 Å². The molecule has 0 bridgehead atoms. The molecule has 9 heteroatoms. The number of aromatic hydroxyl groups is 2. The van der Waals surface area contributed by atoms with E-state index in [9.17, 15) is 24.5 Å². The molecule has 1 aliphatic heterocycles. The first-order valence-corrected chi connectivity index (χ1v) is 8.39. The van der Waals surface area contributed by atoms with Gasteiger partial charge >= 0.3 is 5.97 Å². The van der Waals surface area contributed by atoms with E-state index in [0.29, 0.717) is 24.2 Å². The number of benzene rings is 2. The minimum atomic E-state index is -1.10. The second-order valence-electron chi connectivity index (χ2n) is 6.91. The number of halogens is 1. The fraction of sp³-hybridized carbons (Fsp3) is 0.263. The molecule has 0 aliphatic carbocycles. The molecule has 1 fully saturated rings. The van der Waals surface area contributed by atoms with Crippen LogP contribution in [-0.4, -0.2) is 51.2 Å². The van der Waals surface area contributed by atoms with Crippen LogP contribution in [-0.2, 0) is 10.3 Å². The molecule has 3 N–H and O–H groups in total. The van der Waals surface area contributed by atoms with Crippen LogP contribution in [0.2, 0.25) is 0 Å². The molecule has 8 nitrogen and oxygen atoms in total. The molecule has 1 aliphatic rings. The summed E-state index contributed by atoms with van der Waals surface area (Å²) in [5.74, 6) is -3.77. The fourth-order valence-corrected chi connectivity index (χ4v) is 3.39. The van der Waals surface area contributed by atoms with Crippen LogP contribution in [0.25, 0.3) is 22.4 Å². The Morgan fingerprint density at radius 3 is 2.57 bits per heavy atom. The lowest BCUT2D eigenvalue weighted by Gasteiger charge is -2.40. The summed E-state index contributed by atoms with van der Waals surface area (Å²) in [7, 11) is 1.28. The van der Waals surface area contributed by atoms with E-state index in [0.717, 1.165) is 0 Å². The average Bonchev–Trinajstić information content (AvgIpc) is 3.03. The Kier molecular flexibility index (Phi) is 3.93. The number of methoxy groups -OCH3 is 1. The first kappa shape index (κ1) is 18.1. The summed E-state index contributed by atoms with van der Waals surface area (Å²) in [6.07, 6.45) is 0. The van der Waals surface area contributed by atoms with Crippen LogP contribution >= 0.6 is 0 Å². The third kappa shape index (κ3) is 2.47. The number of ether oxygens (including phenoxy) is 2. The Morgan fingerprint density at radius 1 is 1.29 bits per heavy atom. The van der Waals surface area contributed by atoms with Crippen LogP contribution in [0.1, 0.15) is 17.3 Å².